The number of aryl methyl sites for hydroxylation is 1. The van der Waals surface area contributed by atoms with Crippen LogP contribution in [0.1, 0.15) is 44.1 Å². The van der Waals surface area contributed by atoms with Gasteiger partial charge >= 0.3 is 0 Å². The van der Waals surface area contributed by atoms with Crippen molar-refractivity contribution < 1.29 is 5.11 Å². The molecule has 1 heterocycles. The van der Waals surface area contributed by atoms with E-state index in [0.29, 0.717) is 5.92 Å². The van der Waals surface area contributed by atoms with Crippen molar-refractivity contribution in [2.75, 3.05) is 0 Å². The molecule has 1 aromatic rings. The highest BCUT2D eigenvalue weighted by atomic mass is 16.3. The van der Waals surface area contributed by atoms with E-state index in [0.717, 1.165) is 24.1 Å². The molecule has 0 aliphatic rings. The third-order valence-electron chi connectivity index (χ3n) is 2.77. The van der Waals surface area contributed by atoms with Gasteiger partial charge < -0.3 is 5.11 Å². The zero-order chi connectivity index (χ0) is 10.6. The molecule has 14 heavy (non-hydrogen) atoms. The molecule has 1 aromatic heterocycles. The van der Waals surface area contributed by atoms with Crippen LogP contribution in [0.15, 0.2) is 18.3 Å². The van der Waals surface area contributed by atoms with Gasteiger partial charge in [-0.25, -0.2) is 0 Å². The van der Waals surface area contributed by atoms with Crippen LogP contribution in [0.4, 0.5) is 0 Å². The first-order valence-corrected chi connectivity index (χ1v) is 5.29. The Kier molecular flexibility index (Phi) is 4.08. The Labute approximate surface area is 86.0 Å². The second-order valence-electron chi connectivity index (χ2n) is 3.75. The fourth-order valence-corrected chi connectivity index (χ4v) is 1.66. The van der Waals surface area contributed by atoms with E-state index in [4.69, 9.17) is 0 Å². The normalized spacial score (nSPS) is 13.2. The molecule has 0 radical (unpaired) electrons. The number of hydrogen-bond donors (Lipinski definition) is 1. The Morgan fingerprint density at radius 3 is 2.36 bits per heavy atom. The lowest BCUT2D eigenvalue weighted by atomic mass is 9.92. The number of rotatable bonds is 4. The molecule has 0 spiro atoms. The Bertz CT molecular complexity index is 264. The number of pyridine rings is 1. The molecule has 0 aromatic carbocycles. The molecule has 1 atom stereocenters. The third kappa shape index (κ3) is 2.55. The molecule has 0 saturated carbocycles. The minimum absolute atomic E-state index is 0.347. The molecule has 1 unspecified atom stereocenters. The highest BCUT2D eigenvalue weighted by Crippen LogP contribution is 2.26. The van der Waals surface area contributed by atoms with Crippen molar-refractivity contribution >= 4 is 0 Å². The lowest BCUT2D eigenvalue weighted by Crippen LogP contribution is -2.11. The van der Waals surface area contributed by atoms with Crippen LogP contribution in [0.5, 0.6) is 0 Å². The average Bonchev–Trinajstić information content (AvgIpc) is 2.20. The lowest BCUT2D eigenvalue weighted by Gasteiger charge is -2.19. The van der Waals surface area contributed by atoms with E-state index in [1.807, 2.05) is 19.1 Å². The second kappa shape index (κ2) is 5.11. The third-order valence-corrected chi connectivity index (χ3v) is 2.77. The summed E-state index contributed by atoms with van der Waals surface area (Å²) < 4.78 is 0. The van der Waals surface area contributed by atoms with Gasteiger partial charge in [0, 0.05) is 11.9 Å². The van der Waals surface area contributed by atoms with Crippen molar-refractivity contribution in [3.05, 3.63) is 29.6 Å². The SMILES string of the molecule is CCC(CC)C(O)c1ccc(C)nc1. The van der Waals surface area contributed by atoms with Crippen LogP contribution in [0.2, 0.25) is 0 Å². The van der Waals surface area contributed by atoms with Gasteiger partial charge in [-0.15, -0.1) is 0 Å². The van der Waals surface area contributed by atoms with Crippen molar-refractivity contribution in [1.29, 1.82) is 0 Å². The average molecular weight is 193 g/mol. The van der Waals surface area contributed by atoms with Crippen LogP contribution in [0.25, 0.3) is 0 Å². The molecule has 0 saturated heterocycles. The van der Waals surface area contributed by atoms with Gasteiger partial charge in [0.05, 0.1) is 6.10 Å². The van der Waals surface area contributed by atoms with Gasteiger partial charge in [-0.2, -0.15) is 0 Å². The first-order chi connectivity index (χ1) is 6.69. The van der Waals surface area contributed by atoms with Gasteiger partial charge in [0.2, 0.25) is 0 Å². The van der Waals surface area contributed by atoms with Crippen molar-refractivity contribution in [1.82, 2.24) is 4.98 Å². The van der Waals surface area contributed by atoms with Gasteiger partial charge in [0.15, 0.2) is 0 Å². The summed E-state index contributed by atoms with van der Waals surface area (Å²) >= 11 is 0. The Morgan fingerprint density at radius 2 is 1.93 bits per heavy atom. The second-order valence-corrected chi connectivity index (χ2v) is 3.75. The highest BCUT2D eigenvalue weighted by molar-refractivity contribution is 5.16. The highest BCUT2D eigenvalue weighted by Gasteiger charge is 2.17. The summed E-state index contributed by atoms with van der Waals surface area (Å²) in [7, 11) is 0. The van der Waals surface area contributed by atoms with Crippen LogP contribution >= 0.6 is 0 Å². The molecule has 0 amide bonds. The molecular formula is C12H19NO. The number of nitrogens with zero attached hydrogens (tertiary/aromatic N) is 1. The molecule has 0 bridgehead atoms. The van der Waals surface area contributed by atoms with E-state index in [1.54, 1.807) is 6.20 Å². The Hall–Kier alpha value is -0.890. The summed E-state index contributed by atoms with van der Waals surface area (Å²) in [5.41, 5.74) is 1.93. The fraction of sp³-hybridized carbons (Fsp3) is 0.583. The quantitative estimate of drug-likeness (QED) is 0.797. The maximum atomic E-state index is 10.0. The molecular weight excluding hydrogens is 174 g/mol. The first-order valence-electron chi connectivity index (χ1n) is 5.29. The summed E-state index contributed by atoms with van der Waals surface area (Å²) in [5, 5.41) is 10.0. The molecule has 78 valence electrons. The van der Waals surface area contributed by atoms with E-state index in [9.17, 15) is 5.11 Å². The number of aliphatic hydroxyl groups excluding tert-OH is 1. The zero-order valence-corrected chi connectivity index (χ0v) is 9.20. The molecule has 1 rings (SSSR count). The van der Waals surface area contributed by atoms with Gasteiger partial charge in [0.1, 0.15) is 0 Å². The minimum Gasteiger partial charge on any atom is -0.388 e. The maximum Gasteiger partial charge on any atom is 0.0832 e. The van der Waals surface area contributed by atoms with Crippen LogP contribution in [0.3, 0.4) is 0 Å². The van der Waals surface area contributed by atoms with Gasteiger partial charge in [-0.1, -0.05) is 32.8 Å². The minimum atomic E-state index is -0.363. The molecule has 1 N–H and O–H groups in total. The molecule has 0 aliphatic heterocycles. The monoisotopic (exact) mass is 193 g/mol. The summed E-state index contributed by atoms with van der Waals surface area (Å²) in [6.45, 7) is 6.17. The molecule has 2 heteroatoms. The molecule has 2 nitrogen and oxygen atoms in total. The van der Waals surface area contributed by atoms with E-state index in [-0.39, 0.29) is 6.10 Å². The number of aromatic nitrogens is 1. The first kappa shape index (κ1) is 11.2. The van der Waals surface area contributed by atoms with Crippen molar-refractivity contribution in [2.45, 2.75) is 39.7 Å². The van der Waals surface area contributed by atoms with Crippen LogP contribution in [-0.2, 0) is 0 Å². The van der Waals surface area contributed by atoms with Crippen molar-refractivity contribution in [3.63, 3.8) is 0 Å². The van der Waals surface area contributed by atoms with E-state index >= 15 is 0 Å². The van der Waals surface area contributed by atoms with Crippen LogP contribution in [0, 0.1) is 12.8 Å². The van der Waals surface area contributed by atoms with E-state index in [2.05, 4.69) is 18.8 Å². The van der Waals surface area contributed by atoms with Crippen molar-refractivity contribution in [3.8, 4) is 0 Å². The zero-order valence-electron chi connectivity index (χ0n) is 9.20. The lowest BCUT2D eigenvalue weighted by molar-refractivity contribution is 0.103. The summed E-state index contributed by atoms with van der Waals surface area (Å²) in [6.07, 6.45) is 3.42. The maximum absolute atomic E-state index is 10.0. The fourth-order valence-electron chi connectivity index (χ4n) is 1.66. The molecule has 0 fully saturated rings. The predicted molar refractivity (Wildman–Crippen MR) is 58.0 cm³/mol. The largest absolute Gasteiger partial charge is 0.388 e. The number of hydrogen-bond acceptors (Lipinski definition) is 2. The summed E-state index contributed by atoms with van der Waals surface area (Å²) in [6, 6.07) is 3.91. The van der Waals surface area contributed by atoms with E-state index < -0.39 is 0 Å². The van der Waals surface area contributed by atoms with Gasteiger partial charge in [0.25, 0.3) is 0 Å². The van der Waals surface area contributed by atoms with Crippen LogP contribution in [-0.4, -0.2) is 10.1 Å². The topological polar surface area (TPSA) is 33.1 Å². The molecule has 0 aliphatic carbocycles. The smallest absolute Gasteiger partial charge is 0.0832 e. The summed E-state index contributed by atoms with van der Waals surface area (Å²) in [4.78, 5) is 4.19. The Morgan fingerprint density at radius 1 is 1.29 bits per heavy atom. The van der Waals surface area contributed by atoms with Crippen LogP contribution < -0.4 is 0 Å². The predicted octanol–water partition coefficient (Wildman–Crippen LogP) is 2.86. The summed E-state index contributed by atoms with van der Waals surface area (Å²) in [5.74, 6) is 0.347. The van der Waals surface area contributed by atoms with Crippen molar-refractivity contribution in [2.24, 2.45) is 5.92 Å². The van der Waals surface area contributed by atoms with Gasteiger partial charge in [-0.05, 0) is 24.5 Å². The van der Waals surface area contributed by atoms with E-state index in [1.165, 1.54) is 0 Å². The standard InChI is InChI=1S/C12H19NO/c1-4-10(5-2)12(14)11-7-6-9(3)13-8-11/h6-8,10,12,14H,4-5H2,1-3H3. The Balaban J connectivity index is 2.77. The number of aliphatic hydroxyl groups is 1. The van der Waals surface area contributed by atoms with Gasteiger partial charge in [-0.3, -0.25) is 4.98 Å².